The van der Waals surface area contributed by atoms with Crippen LogP contribution in [0.25, 0.3) is 0 Å². The van der Waals surface area contributed by atoms with Gasteiger partial charge in [-0.1, -0.05) is 6.07 Å². The minimum atomic E-state index is 0.427. The lowest BCUT2D eigenvalue weighted by molar-refractivity contribution is 0.354. The summed E-state index contributed by atoms with van der Waals surface area (Å²) in [6.07, 6.45) is 4.13. The van der Waals surface area contributed by atoms with Gasteiger partial charge in [0.1, 0.15) is 5.82 Å². The summed E-state index contributed by atoms with van der Waals surface area (Å²) in [5.74, 6) is 2.60. The van der Waals surface area contributed by atoms with Gasteiger partial charge in [0.15, 0.2) is 11.5 Å². The molecule has 4 nitrogen and oxygen atoms in total. The predicted molar refractivity (Wildman–Crippen MR) is 73.9 cm³/mol. The van der Waals surface area contributed by atoms with Crippen molar-refractivity contribution >= 4 is 11.6 Å². The maximum absolute atomic E-state index is 5.70. The van der Waals surface area contributed by atoms with Crippen LogP contribution in [0.4, 0.5) is 0 Å². The molecule has 1 aromatic carbocycles. The maximum Gasteiger partial charge on any atom is 0.161 e. The first-order valence-electron chi connectivity index (χ1n) is 5.83. The van der Waals surface area contributed by atoms with Gasteiger partial charge in [0, 0.05) is 24.4 Å². The lowest BCUT2D eigenvalue weighted by Crippen LogP contribution is -1.98. The van der Waals surface area contributed by atoms with Crippen LogP contribution in [0.1, 0.15) is 17.0 Å². The van der Waals surface area contributed by atoms with E-state index < -0.39 is 0 Å². The molecule has 0 saturated heterocycles. The average molecular weight is 279 g/mol. The molecule has 1 heterocycles. The molecule has 19 heavy (non-hydrogen) atoms. The Morgan fingerprint density at radius 1 is 1.00 bits per heavy atom. The molecule has 0 unspecified atom stereocenters. The Hall–Kier alpha value is -1.81. The van der Waals surface area contributed by atoms with Gasteiger partial charge in [0.2, 0.25) is 0 Å². The van der Waals surface area contributed by atoms with E-state index in [0.29, 0.717) is 23.8 Å². The Kier molecular flexibility index (Phi) is 4.58. The van der Waals surface area contributed by atoms with E-state index in [0.717, 1.165) is 17.0 Å². The highest BCUT2D eigenvalue weighted by Crippen LogP contribution is 2.28. The van der Waals surface area contributed by atoms with Crippen LogP contribution in [0.15, 0.2) is 30.6 Å². The second kappa shape index (κ2) is 6.38. The van der Waals surface area contributed by atoms with E-state index >= 15 is 0 Å². The fourth-order valence-electron chi connectivity index (χ4n) is 1.71. The fourth-order valence-corrected chi connectivity index (χ4v) is 1.85. The van der Waals surface area contributed by atoms with Crippen molar-refractivity contribution in [3.05, 3.63) is 47.5 Å². The van der Waals surface area contributed by atoms with Gasteiger partial charge in [-0.3, -0.25) is 0 Å². The molecular formula is C14H15ClN2O2. The minimum Gasteiger partial charge on any atom is -0.493 e. The Labute approximate surface area is 117 Å². The van der Waals surface area contributed by atoms with E-state index in [1.807, 2.05) is 18.2 Å². The molecule has 0 N–H and O–H groups in total. The highest BCUT2D eigenvalue weighted by molar-refractivity contribution is 6.17. The van der Waals surface area contributed by atoms with Crippen LogP contribution in [-0.4, -0.2) is 24.2 Å². The molecule has 2 aromatic rings. The van der Waals surface area contributed by atoms with Crippen molar-refractivity contribution in [2.24, 2.45) is 0 Å². The first kappa shape index (κ1) is 13.6. The molecule has 0 spiro atoms. The van der Waals surface area contributed by atoms with Crippen molar-refractivity contribution in [2.75, 3.05) is 14.2 Å². The largest absolute Gasteiger partial charge is 0.493 e. The highest BCUT2D eigenvalue weighted by atomic mass is 35.5. The summed E-state index contributed by atoms with van der Waals surface area (Å²) >= 11 is 5.70. The normalized spacial score (nSPS) is 10.3. The zero-order valence-electron chi connectivity index (χ0n) is 10.9. The summed E-state index contributed by atoms with van der Waals surface area (Å²) in [5, 5.41) is 0. The van der Waals surface area contributed by atoms with Crippen LogP contribution in [0.5, 0.6) is 11.5 Å². The molecule has 100 valence electrons. The van der Waals surface area contributed by atoms with Gasteiger partial charge < -0.3 is 9.47 Å². The van der Waals surface area contributed by atoms with Crippen molar-refractivity contribution in [2.45, 2.75) is 12.3 Å². The topological polar surface area (TPSA) is 44.2 Å². The third-order valence-electron chi connectivity index (χ3n) is 2.72. The van der Waals surface area contributed by atoms with Crippen molar-refractivity contribution < 1.29 is 9.47 Å². The van der Waals surface area contributed by atoms with Crippen LogP contribution in [0, 0.1) is 0 Å². The molecule has 0 amide bonds. The number of methoxy groups -OCH3 is 2. The number of hydrogen-bond acceptors (Lipinski definition) is 4. The number of halogens is 1. The second-order valence-electron chi connectivity index (χ2n) is 4.01. The Morgan fingerprint density at radius 3 is 2.26 bits per heavy atom. The SMILES string of the molecule is COc1ccc(Cc2ncc(CCl)cn2)cc1OC. The number of ether oxygens (including phenoxy) is 2. The number of nitrogens with zero attached hydrogens (tertiary/aromatic N) is 2. The minimum absolute atomic E-state index is 0.427. The van der Waals surface area contributed by atoms with E-state index in [4.69, 9.17) is 21.1 Å². The van der Waals surface area contributed by atoms with E-state index in [1.165, 1.54) is 0 Å². The Bertz CT molecular complexity index is 544. The summed E-state index contributed by atoms with van der Waals surface area (Å²) in [7, 11) is 3.24. The molecule has 0 bridgehead atoms. The Morgan fingerprint density at radius 2 is 1.68 bits per heavy atom. The number of hydrogen-bond donors (Lipinski definition) is 0. The molecule has 0 radical (unpaired) electrons. The standard InChI is InChI=1S/C14H15ClN2O2/c1-18-12-4-3-10(5-13(12)19-2)6-14-16-8-11(7-15)9-17-14/h3-5,8-9H,6-7H2,1-2H3. The predicted octanol–water partition coefficient (Wildman–Crippen LogP) is 2.82. The van der Waals surface area contributed by atoms with Gasteiger partial charge in [-0.05, 0) is 17.7 Å². The molecule has 0 atom stereocenters. The van der Waals surface area contributed by atoms with Gasteiger partial charge in [-0.25, -0.2) is 9.97 Å². The molecule has 5 heteroatoms. The Balaban J connectivity index is 2.18. The third-order valence-corrected chi connectivity index (χ3v) is 3.03. The number of aromatic nitrogens is 2. The quantitative estimate of drug-likeness (QED) is 0.789. The monoisotopic (exact) mass is 278 g/mol. The van der Waals surface area contributed by atoms with Crippen molar-refractivity contribution in [1.82, 2.24) is 9.97 Å². The van der Waals surface area contributed by atoms with Gasteiger partial charge >= 0.3 is 0 Å². The van der Waals surface area contributed by atoms with Crippen LogP contribution >= 0.6 is 11.6 Å². The molecule has 2 rings (SSSR count). The number of alkyl halides is 1. The maximum atomic E-state index is 5.70. The molecule has 0 aliphatic heterocycles. The van der Waals surface area contributed by atoms with Gasteiger partial charge in [-0.15, -0.1) is 11.6 Å². The second-order valence-corrected chi connectivity index (χ2v) is 4.27. The van der Waals surface area contributed by atoms with Crippen LogP contribution in [0.3, 0.4) is 0 Å². The fraction of sp³-hybridized carbons (Fsp3) is 0.286. The van der Waals surface area contributed by atoms with E-state index in [-0.39, 0.29) is 0 Å². The van der Waals surface area contributed by atoms with Gasteiger partial charge in [0.25, 0.3) is 0 Å². The summed E-state index contributed by atoms with van der Waals surface area (Å²) in [6, 6.07) is 5.78. The van der Waals surface area contributed by atoms with Crippen molar-refractivity contribution in [3.8, 4) is 11.5 Å². The summed E-state index contributed by atoms with van der Waals surface area (Å²) in [4.78, 5) is 8.55. The van der Waals surface area contributed by atoms with E-state index in [1.54, 1.807) is 26.6 Å². The molecular weight excluding hydrogens is 264 g/mol. The van der Waals surface area contributed by atoms with Crippen molar-refractivity contribution in [3.63, 3.8) is 0 Å². The number of rotatable bonds is 5. The zero-order valence-corrected chi connectivity index (χ0v) is 11.6. The third kappa shape index (κ3) is 3.35. The highest BCUT2D eigenvalue weighted by Gasteiger charge is 2.06. The summed E-state index contributed by atoms with van der Waals surface area (Å²) in [6.45, 7) is 0. The molecule has 1 aromatic heterocycles. The molecule has 0 aliphatic rings. The lowest BCUT2D eigenvalue weighted by atomic mass is 10.1. The van der Waals surface area contributed by atoms with Crippen molar-refractivity contribution in [1.29, 1.82) is 0 Å². The van der Waals surface area contributed by atoms with E-state index in [9.17, 15) is 0 Å². The molecule has 0 aliphatic carbocycles. The lowest BCUT2D eigenvalue weighted by Gasteiger charge is -2.09. The van der Waals surface area contributed by atoms with E-state index in [2.05, 4.69) is 9.97 Å². The van der Waals surface area contributed by atoms with Crippen LogP contribution in [0.2, 0.25) is 0 Å². The zero-order chi connectivity index (χ0) is 13.7. The van der Waals surface area contributed by atoms with Crippen LogP contribution < -0.4 is 9.47 Å². The molecule has 0 saturated carbocycles. The summed E-state index contributed by atoms with van der Waals surface area (Å²) < 4.78 is 10.5. The molecule has 0 fully saturated rings. The summed E-state index contributed by atoms with van der Waals surface area (Å²) in [5.41, 5.74) is 1.98. The van der Waals surface area contributed by atoms with Gasteiger partial charge in [0.05, 0.1) is 20.1 Å². The first-order valence-corrected chi connectivity index (χ1v) is 6.37. The van der Waals surface area contributed by atoms with Gasteiger partial charge in [-0.2, -0.15) is 0 Å². The number of benzene rings is 1. The smallest absolute Gasteiger partial charge is 0.161 e. The first-order chi connectivity index (χ1) is 9.26. The average Bonchev–Trinajstić information content (AvgIpc) is 2.48. The van der Waals surface area contributed by atoms with Crippen LogP contribution in [-0.2, 0) is 12.3 Å².